The van der Waals surface area contributed by atoms with Gasteiger partial charge in [0.15, 0.2) is 0 Å². The number of rotatable bonds is 5. The lowest BCUT2D eigenvalue weighted by Gasteiger charge is -2.08. The largest absolute Gasteiger partial charge is 0.462 e. The van der Waals surface area contributed by atoms with Crippen molar-refractivity contribution in [2.45, 2.75) is 13.0 Å². The summed E-state index contributed by atoms with van der Waals surface area (Å²) in [5, 5.41) is 0.404. The highest BCUT2D eigenvalue weighted by Crippen LogP contribution is 2.16. The molecule has 26 heavy (non-hydrogen) atoms. The highest BCUT2D eigenvalue weighted by Gasteiger charge is 2.13. The average Bonchev–Trinajstić information content (AvgIpc) is 2.60. The fourth-order valence-electron chi connectivity index (χ4n) is 2.52. The van der Waals surface area contributed by atoms with Crippen LogP contribution in [-0.4, -0.2) is 22.1 Å². The molecule has 6 nitrogen and oxygen atoms in total. The normalized spacial score (nSPS) is 10.8. The molecule has 1 heterocycles. The van der Waals surface area contributed by atoms with E-state index in [1.165, 1.54) is 18.2 Å². The van der Waals surface area contributed by atoms with E-state index in [0.717, 1.165) is 4.57 Å². The maximum atomic E-state index is 13.7. The highest BCUT2D eigenvalue weighted by atomic mass is 79.9. The Bertz CT molecular complexity index is 1090. The molecule has 8 heteroatoms. The molecular formula is C18H14BrFN2O4. The lowest BCUT2D eigenvalue weighted by molar-refractivity contribution is 0.0490. The summed E-state index contributed by atoms with van der Waals surface area (Å²) in [7, 11) is 0. The molecule has 0 bridgehead atoms. The highest BCUT2D eigenvalue weighted by molar-refractivity contribution is 9.10. The van der Waals surface area contributed by atoms with Crippen LogP contribution >= 0.6 is 15.9 Å². The van der Waals surface area contributed by atoms with Crippen molar-refractivity contribution in [1.29, 1.82) is 0 Å². The molecule has 0 amide bonds. The smallest absolute Gasteiger partial charge is 0.341 e. The van der Waals surface area contributed by atoms with Crippen LogP contribution in [0, 0.1) is 5.82 Å². The fraction of sp³-hybridized carbons (Fsp3) is 0.167. The van der Waals surface area contributed by atoms with Gasteiger partial charge in [-0.15, -0.1) is 0 Å². The topological polar surface area (TPSA) is 81.2 Å². The van der Waals surface area contributed by atoms with Gasteiger partial charge in [0.1, 0.15) is 5.82 Å². The van der Waals surface area contributed by atoms with Gasteiger partial charge in [-0.05, 0) is 36.8 Å². The summed E-state index contributed by atoms with van der Waals surface area (Å²) in [4.78, 5) is 38.9. The number of H-pyrrole nitrogens is 1. The van der Waals surface area contributed by atoms with E-state index in [-0.39, 0.29) is 25.1 Å². The molecule has 134 valence electrons. The van der Waals surface area contributed by atoms with Crippen molar-refractivity contribution in [2.24, 2.45) is 0 Å². The number of nitrogens with zero attached hydrogens (tertiary/aromatic N) is 1. The number of fused-ring (bicyclic) bond motifs is 1. The van der Waals surface area contributed by atoms with Gasteiger partial charge in [0.25, 0.3) is 5.56 Å². The third kappa shape index (κ3) is 3.75. The van der Waals surface area contributed by atoms with E-state index in [9.17, 15) is 18.8 Å². The number of ether oxygens (including phenoxy) is 1. The molecule has 0 radical (unpaired) electrons. The molecule has 1 N–H and O–H groups in total. The third-order valence-corrected chi connectivity index (χ3v) is 4.29. The van der Waals surface area contributed by atoms with E-state index in [1.807, 2.05) is 0 Å². The second-order valence-corrected chi connectivity index (χ2v) is 6.46. The van der Waals surface area contributed by atoms with Crippen LogP contribution < -0.4 is 11.2 Å². The van der Waals surface area contributed by atoms with Crippen molar-refractivity contribution < 1.29 is 13.9 Å². The molecule has 0 saturated carbocycles. The Kier molecular flexibility index (Phi) is 5.32. The molecule has 2 aromatic carbocycles. The Morgan fingerprint density at radius 1 is 1.19 bits per heavy atom. The fourth-order valence-corrected chi connectivity index (χ4v) is 2.86. The number of hydrogen-bond acceptors (Lipinski definition) is 4. The molecule has 1 aromatic heterocycles. The van der Waals surface area contributed by atoms with E-state index in [2.05, 4.69) is 20.9 Å². The van der Waals surface area contributed by atoms with E-state index >= 15 is 0 Å². The van der Waals surface area contributed by atoms with Crippen molar-refractivity contribution in [2.75, 3.05) is 6.61 Å². The summed E-state index contributed by atoms with van der Waals surface area (Å²) in [6.07, 6.45) is 0.241. The second kappa shape index (κ2) is 7.65. The van der Waals surface area contributed by atoms with Gasteiger partial charge in [-0.25, -0.2) is 14.0 Å². The lowest BCUT2D eigenvalue weighted by atomic mass is 10.2. The Morgan fingerprint density at radius 3 is 2.73 bits per heavy atom. The van der Waals surface area contributed by atoms with Gasteiger partial charge in [-0.2, -0.15) is 0 Å². The molecule has 0 unspecified atom stereocenters. The van der Waals surface area contributed by atoms with Gasteiger partial charge in [-0.1, -0.05) is 28.1 Å². The number of aromatic amines is 1. The minimum Gasteiger partial charge on any atom is -0.462 e. The summed E-state index contributed by atoms with van der Waals surface area (Å²) in [6, 6.07) is 10.7. The monoisotopic (exact) mass is 420 g/mol. The summed E-state index contributed by atoms with van der Waals surface area (Å²) < 4.78 is 20.3. The zero-order valence-corrected chi connectivity index (χ0v) is 15.1. The van der Waals surface area contributed by atoms with Crippen LogP contribution in [0.15, 0.2) is 56.5 Å². The number of carbonyl (C=O) groups excluding carboxylic acids is 1. The third-order valence-electron chi connectivity index (χ3n) is 3.80. The molecule has 0 fully saturated rings. The predicted octanol–water partition coefficient (Wildman–Crippen LogP) is 2.84. The van der Waals surface area contributed by atoms with Crippen LogP contribution in [0.25, 0.3) is 10.9 Å². The zero-order chi connectivity index (χ0) is 18.7. The molecule has 0 saturated heterocycles. The lowest BCUT2D eigenvalue weighted by Crippen LogP contribution is -2.35. The number of hydrogen-bond donors (Lipinski definition) is 1. The Labute approximate surface area is 155 Å². The number of para-hydroxylation sites is 1. The van der Waals surface area contributed by atoms with Crippen molar-refractivity contribution in [3.8, 4) is 0 Å². The maximum absolute atomic E-state index is 13.7. The molecule has 0 aliphatic carbocycles. The van der Waals surface area contributed by atoms with Gasteiger partial charge >= 0.3 is 11.7 Å². The predicted molar refractivity (Wildman–Crippen MR) is 97.8 cm³/mol. The number of aromatic nitrogens is 2. The van der Waals surface area contributed by atoms with Crippen molar-refractivity contribution >= 4 is 32.8 Å². The van der Waals surface area contributed by atoms with Gasteiger partial charge in [-0.3, -0.25) is 9.36 Å². The van der Waals surface area contributed by atoms with Crippen LogP contribution in [0.1, 0.15) is 16.8 Å². The van der Waals surface area contributed by atoms with E-state index < -0.39 is 23.0 Å². The van der Waals surface area contributed by atoms with Gasteiger partial charge in [0, 0.05) is 11.0 Å². The zero-order valence-electron chi connectivity index (χ0n) is 13.5. The van der Waals surface area contributed by atoms with Crippen LogP contribution in [0.3, 0.4) is 0 Å². The van der Waals surface area contributed by atoms with Crippen molar-refractivity contribution in [1.82, 2.24) is 9.55 Å². The van der Waals surface area contributed by atoms with Crippen LogP contribution in [0.2, 0.25) is 0 Å². The van der Waals surface area contributed by atoms with Crippen LogP contribution in [0.5, 0.6) is 0 Å². The SMILES string of the molecule is O=C(OCCCn1c(=O)[nH]c2ccccc2c1=O)c1ccc(Br)cc1F. The molecular weight excluding hydrogens is 407 g/mol. The number of esters is 1. The van der Waals surface area contributed by atoms with Crippen molar-refractivity contribution in [3.05, 3.63) is 79.2 Å². The summed E-state index contributed by atoms with van der Waals surface area (Å²) in [5.74, 6) is -1.48. The number of carbonyl (C=O) groups is 1. The van der Waals surface area contributed by atoms with Gasteiger partial charge < -0.3 is 9.72 Å². The molecule has 0 atom stereocenters. The van der Waals surface area contributed by atoms with E-state index in [4.69, 9.17) is 4.74 Å². The van der Waals surface area contributed by atoms with E-state index in [1.54, 1.807) is 24.3 Å². The maximum Gasteiger partial charge on any atom is 0.341 e. The summed E-state index contributed by atoms with van der Waals surface area (Å²) in [5.41, 5.74) is -0.640. The van der Waals surface area contributed by atoms with Crippen molar-refractivity contribution in [3.63, 3.8) is 0 Å². The quantitative estimate of drug-likeness (QED) is 0.508. The number of halogens is 2. The van der Waals surface area contributed by atoms with Crippen LogP contribution in [-0.2, 0) is 11.3 Å². The van der Waals surface area contributed by atoms with Crippen LogP contribution in [0.4, 0.5) is 4.39 Å². The first kappa shape index (κ1) is 18.1. The Morgan fingerprint density at radius 2 is 1.96 bits per heavy atom. The molecule has 0 aliphatic rings. The van der Waals surface area contributed by atoms with Gasteiger partial charge in [0.05, 0.1) is 23.1 Å². The molecule has 0 aliphatic heterocycles. The first-order valence-electron chi connectivity index (χ1n) is 7.81. The molecule has 3 rings (SSSR count). The second-order valence-electron chi connectivity index (χ2n) is 5.55. The first-order valence-corrected chi connectivity index (χ1v) is 8.60. The van der Waals surface area contributed by atoms with Gasteiger partial charge in [0.2, 0.25) is 0 Å². The minimum atomic E-state index is -0.797. The molecule has 3 aromatic rings. The Balaban J connectivity index is 1.65. The molecule has 0 spiro atoms. The number of nitrogens with one attached hydrogen (secondary N) is 1. The summed E-state index contributed by atoms with van der Waals surface area (Å²) >= 11 is 3.11. The first-order chi connectivity index (χ1) is 12.5. The summed E-state index contributed by atoms with van der Waals surface area (Å²) in [6.45, 7) is 0.0299. The number of benzene rings is 2. The average molecular weight is 421 g/mol. The Hall–Kier alpha value is -2.74. The minimum absolute atomic E-state index is 0.0486. The standard InChI is InChI=1S/C18H14BrFN2O4/c19-11-6-7-12(14(20)10-11)17(24)26-9-3-8-22-16(23)13-4-1-2-5-15(13)21-18(22)25/h1-2,4-7,10H,3,8-9H2,(H,21,25). The van der Waals surface area contributed by atoms with E-state index in [0.29, 0.717) is 15.4 Å².